The second kappa shape index (κ2) is 9.31. The average Bonchev–Trinajstić information content (AvgIpc) is 2.79. The number of aromatic hydroxyl groups is 1. The number of aliphatic hydroxyl groups is 1. The van der Waals surface area contributed by atoms with E-state index in [9.17, 15) is 15.0 Å². The number of carbonyl (C=O) groups excluding carboxylic acids is 1. The molecule has 7 heteroatoms. The molecule has 1 aliphatic heterocycles. The highest BCUT2D eigenvalue weighted by atomic mass is 16.3. The van der Waals surface area contributed by atoms with E-state index in [2.05, 4.69) is 15.2 Å². The molecular weight excluding hydrogens is 392 g/mol. The molecule has 31 heavy (non-hydrogen) atoms. The van der Waals surface area contributed by atoms with Crippen LogP contribution in [0, 0.1) is 0 Å². The predicted molar refractivity (Wildman–Crippen MR) is 123 cm³/mol. The Morgan fingerprint density at radius 2 is 1.87 bits per heavy atom. The second-order valence-corrected chi connectivity index (χ2v) is 7.98. The van der Waals surface area contributed by atoms with Gasteiger partial charge in [-0.1, -0.05) is 37.6 Å². The number of carbonyl (C=O) groups is 1. The van der Waals surface area contributed by atoms with Gasteiger partial charge in [0.15, 0.2) is 5.82 Å². The molecule has 1 aliphatic rings. The molecule has 4 rings (SSSR count). The van der Waals surface area contributed by atoms with E-state index in [0.29, 0.717) is 17.8 Å². The summed E-state index contributed by atoms with van der Waals surface area (Å²) in [5.74, 6) is 1.19. The number of hydrogen-bond donors (Lipinski definition) is 3. The van der Waals surface area contributed by atoms with Crippen LogP contribution in [0.3, 0.4) is 0 Å². The van der Waals surface area contributed by atoms with Gasteiger partial charge >= 0.3 is 0 Å². The number of benzene rings is 2. The number of rotatable bonds is 6. The number of phenols is 1. The largest absolute Gasteiger partial charge is 0.507 e. The summed E-state index contributed by atoms with van der Waals surface area (Å²) in [5.41, 5.74) is 1.42. The number of nitrogens with zero attached hydrogens (tertiary/aromatic N) is 3. The highest BCUT2D eigenvalue weighted by molar-refractivity contribution is 5.91. The summed E-state index contributed by atoms with van der Waals surface area (Å²) in [5, 5.41) is 24.1. The van der Waals surface area contributed by atoms with Crippen LogP contribution in [0.4, 0.5) is 5.82 Å². The number of aromatic nitrogens is 2. The van der Waals surface area contributed by atoms with Crippen LogP contribution in [0.5, 0.6) is 5.75 Å². The van der Waals surface area contributed by atoms with Gasteiger partial charge in [-0.2, -0.15) is 0 Å². The maximum atomic E-state index is 12.1. The van der Waals surface area contributed by atoms with Crippen LogP contribution in [0.15, 0.2) is 48.5 Å². The van der Waals surface area contributed by atoms with Crippen molar-refractivity contribution < 1.29 is 16.4 Å². The predicted octanol–water partition coefficient (Wildman–Crippen LogP) is 3.49. The van der Waals surface area contributed by atoms with Crippen LogP contribution < -0.4 is 10.2 Å². The van der Waals surface area contributed by atoms with E-state index in [-0.39, 0.29) is 19.1 Å². The fraction of sp³-hybridized carbons (Fsp3) is 0.375. The quantitative estimate of drug-likeness (QED) is 0.562. The third-order valence-electron chi connectivity index (χ3n) is 5.73. The Balaban J connectivity index is 0.00000289. The molecule has 1 unspecified atom stereocenters. The molecule has 1 amide bonds. The lowest BCUT2D eigenvalue weighted by molar-refractivity contribution is -0.130. The molecule has 0 spiro atoms. The lowest BCUT2D eigenvalue weighted by atomic mass is 10.0. The van der Waals surface area contributed by atoms with Crippen molar-refractivity contribution in [3.05, 3.63) is 48.5 Å². The molecule has 0 aliphatic carbocycles. The van der Waals surface area contributed by atoms with E-state index >= 15 is 0 Å². The van der Waals surface area contributed by atoms with Crippen molar-refractivity contribution in [2.45, 2.75) is 44.8 Å². The van der Waals surface area contributed by atoms with Crippen molar-refractivity contribution in [2.24, 2.45) is 0 Å². The zero-order chi connectivity index (χ0) is 21.8. The highest BCUT2D eigenvalue weighted by Crippen LogP contribution is 2.32. The molecule has 0 bridgehead atoms. The summed E-state index contributed by atoms with van der Waals surface area (Å²) in [7, 11) is 0. The topological polar surface area (TPSA) is 98.6 Å². The van der Waals surface area contributed by atoms with Gasteiger partial charge in [0.1, 0.15) is 17.7 Å². The minimum Gasteiger partial charge on any atom is -0.507 e. The van der Waals surface area contributed by atoms with Crippen LogP contribution in [-0.2, 0) is 4.79 Å². The third-order valence-corrected chi connectivity index (χ3v) is 5.73. The number of piperidine rings is 1. The molecule has 3 aromatic rings. The molecule has 1 atom stereocenters. The standard InChI is InChI=1S/C24H28N4O3.H2/c1-2-7-21(30)24(31)25-16-12-14-28(15-13-16)23-17-8-3-5-10-19(17)26-22(27-23)18-9-4-6-11-20(18)29;/h3-6,8-11,16,21,29-30H,2,7,12-15H2,1H3,(H,25,31);1H. The maximum absolute atomic E-state index is 12.1. The summed E-state index contributed by atoms with van der Waals surface area (Å²) in [4.78, 5) is 23.8. The van der Waals surface area contributed by atoms with E-state index in [1.54, 1.807) is 12.1 Å². The Labute approximate surface area is 183 Å². The van der Waals surface area contributed by atoms with Gasteiger partial charge in [-0.3, -0.25) is 4.79 Å². The number of fused-ring (bicyclic) bond motifs is 1. The number of amides is 1. The van der Waals surface area contributed by atoms with Gasteiger partial charge in [0.05, 0.1) is 11.1 Å². The van der Waals surface area contributed by atoms with Gasteiger partial charge < -0.3 is 20.4 Å². The zero-order valence-electron chi connectivity index (χ0n) is 17.7. The van der Waals surface area contributed by atoms with Gasteiger partial charge in [0, 0.05) is 25.9 Å². The molecule has 0 radical (unpaired) electrons. The van der Waals surface area contributed by atoms with E-state index in [4.69, 9.17) is 4.98 Å². The first-order chi connectivity index (χ1) is 15.1. The smallest absolute Gasteiger partial charge is 0.249 e. The van der Waals surface area contributed by atoms with Crippen LogP contribution in [0.2, 0.25) is 0 Å². The second-order valence-electron chi connectivity index (χ2n) is 7.98. The van der Waals surface area contributed by atoms with Crippen LogP contribution >= 0.6 is 0 Å². The number of para-hydroxylation sites is 2. The summed E-state index contributed by atoms with van der Waals surface area (Å²) < 4.78 is 0. The van der Waals surface area contributed by atoms with Crippen LogP contribution in [-0.4, -0.2) is 51.3 Å². The number of anilines is 1. The number of phenolic OH excluding ortho intramolecular Hbond substituents is 1. The normalized spacial score (nSPS) is 15.7. The van der Waals surface area contributed by atoms with Crippen LogP contribution in [0.1, 0.15) is 34.0 Å². The Morgan fingerprint density at radius 1 is 1.16 bits per heavy atom. The first-order valence-electron chi connectivity index (χ1n) is 10.9. The minimum absolute atomic E-state index is 0. The van der Waals surface area contributed by atoms with Crippen molar-refractivity contribution in [3.8, 4) is 17.1 Å². The molecule has 164 valence electrons. The number of hydrogen-bond acceptors (Lipinski definition) is 6. The maximum Gasteiger partial charge on any atom is 0.249 e. The zero-order valence-corrected chi connectivity index (χ0v) is 17.7. The SMILES string of the molecule is CCCC(O)C(=O)NC1CCN(c2nc(-c3ccccc3O)nc3ccccc23)CC1.[HH]. The van der Waals surface area contributed by atoms with Gasteiger partial charge in [-0.15, -0.1) is 0 Å². The fourth-order valence-electron chi connectivity index (χ4n) is 4.02. The van der Waals surface area contributed by atoms with E-state index in [1.807, 2.05) is 43.3 Å². The van der Waals surface area contributed by atoms with Gasteiger partial charge in [-0.05, 0) is 43.5 Å². The molecular formula is C24H30N4O3. The Morgan fingerprint density at radius 3 is 2.61 bits per heavy atom. The van der Waals surface area contributed by atoms with Crippen molar-refractivity contribution >= 4 is 22.6 Å². The Bertz CT molecular complexity index is 1070. The molecule has 1 aromatic heterocycles. The lowest BCUT2D eigenvalue weighted by Gasteiger charge is -2.34. The molecule has 2 aromatic carbocycles. The van der Waals surface area contributed by atoms with Crippen molar-refractivity contribution in [3.63, 3.8) is 0 Å². The molecule has 0 saturated carbocycles. The first-order valence-corrected chi connectivity index (χ1v) is 10.9. The number of nitrogens with one attached hydrogen (secondary N) is 1. The highest BCUT2D eigenvalue weighted by Gasteiger charge is 2.25. The van der Waals surface area contributed by atoms with Gasteiger partial charge in [0.2, 0.25) is 5.91 Å². The minimum atomic E-state index is -0.935. The first kappa shape index (κ1) is 21.1. The lowest BCUT2D eigenvalue weighted by Crippen LogP contribution is -2.47. The average molecular weight is 423 g/mol. The monoisotopic (exact) mass is 422 g/mol. The van der Waals surface area contributed by atoms with Gasteiger partial charge in [-0.25, -0.2) is 9.97 Å². The Hall–Kier alpha value is -3.19. The van der Waals surface area contributed by atoms with Crippen molar-refractivity contribution in [1.82, 2.24) is 15.3 Å². The van der Waals surface area contributed by atoms with E-state index < -0.39 is 6.10 Å². The van der Waals surface area contributed by atoms with Crippen molar-refractivity contribution in [2.75, 3.05) is 18.0 Å². The molecule has 3 N–H and O–H groups in total. The number of aliphatic hydroxyl groups excluding tert-OH is 1. The van der Waals surface area contributed by atoms with Crippen LogP contribution in [0.25, 0.3) is 22.3 Å². The summed E-state index contributed by atoms with van der Waals surface area (Å²) in [6.07, 6.45) is 1.86. The summed E-state index contributed by atoms with van der Waals surface area (Å²) in [6.45, 7) is 3.41. The van der Waals surface area contributed by atoms with E-state index in [0.717, 1.165) is 49.1 Å². The fourth-order valence-corrected chi connectivity index (χ4v) is 4.02. The summed E-state index contributed by atoms with van der Waals surface area (Å²) >= 11 is 0. The molecule has 2 heterocycles. The summed E-state index contributed by atoms with van der Waals surface area (Å²) in [6, 6.07) is 15.0. The molecule has 7 nitrogen and oxygen atoms in total. The third kappa shape index (κ3) is 4.61. The molecule has 1 saturated heterocycles. The Kier molecular flexibility index (Phi) is 6.32. The van der Waals surface area contributed by atoms with E-state index in [1.165, 1.54) is 0 Å². The molecule has 1 fully saturated rings. The van der Waals surface area contributed by atoms with Gasteiger partial charge in [0.25, 0.3) is 0 Å². The van der Waals surface area contributed by atoms with Crippen molar-refractivity contribution in [1.29, 1.82) is 0 Å².